The predicted octanol–water partition coefficient (Wildman–Crippen LogP) is 3.85. The molecule has 1 aromatic carbocycles. The highest BCUT2D eigenvalue weighted by Crippen LogP contribution is 2.30. The van der Waals surface area contributed by atoms with Gasteiger partial charge >= 0.3 is 6.18 Å². The van der Waals surface area contributed by atoms with Crippen LogP contribution in [0.3, 0.4) is 0 Å². The van der Waals surface area contributed by atoms with Gasteiger partial charge in [-0.2, -0.15) is 13.2 Å². The van der Waals surface area contributed by atoms with Crippen LogP contribution >= 0.6 is 11.6 Å². The van der Waals surface area contributed by atoms with Crippen molar-refractivity contribution in [2.24, 2.45) is 0 Å². The minimum absolute atomic E-state index is 0.0599. The molecule has 0 aliphatic carbocycles. The first kappa shape index (κ1) is 15.7. The van der Waals surface area contributed by atoms with Gasteiger partial charge in [0.25, 0.3) is 0 Å². The lowest BCUT2D eigenvalue weighted by Gasteiger charge is -2.25. The van der Waals surface area contributed by atoms with Gasteiger partial charge in [-0.25, -0.2) is 4.98 Å². The van der Waals surface area contributed by atoms with Crippen LogP contribution in [0.25, 0.3) is 10.8 Å². The Kier molecular flexibility index (Phi) is 4.77. The van der Waals surface area contributed by atoms with Crippen LogP contribution in [-0.2, 0) is 0 Å². The smallest absolute Gasteiger partial charge is 0.405 e. The fourth-order valence-corrected chi connectivity index (χ4v) is 2.29. The number of rotatable bonds is 5. The number of hydrogen-bond donors (Lipinski definition) is 0. The lowest BCUT2D eigenvalue weighted by molar-refractivity contribution is -0.119. The van der Waals surface area contributed by atoms with Crippen molar-refractivity contribution in [3.05, 3.63) is 30.5 Å². The zero-order valence-electron chi connectivity index (χ0n) is 11.3. The van der Waals surface area contributed by atoms with Crippen LogP contribution in [0.4, 0.5) is 19.0 Å². The number of ether oxygens (including phenoxy) is 1. The Morgan fingerprint density at radius 1 is 1.29 bits per heavy atom. The maximum atomic E-state index is 12.7. The summed E-state index contributed by atoms with van der Waals surface area (Å²) in [6, 6.07) is 6.95. The molecular weight excluding hydrogens is 305 g/mol. The van der Waals surface area contributed by atoms with Gasteiger partial charge in [-0.1, -0.05) is 6.07 Å². The SMILES string of the molecule is COc1ccc2ccnc(N(CCCl)CC(F)(F)F)c2c1. The molecule has 1 heterocycles. The summed E-state index contributed by atoms with van der Waals surface area (Å²) >= 11 is 5.62. The second kappa shape index (κ2) is 6.39. The minimum atomic E-state index is -4.32. The van der Waals surface area contributed by atoms with Gasteiger partial charge in [0.1, 0.15) is 18.1 Å². The van der Waals surface area contributed by atoms with Crippen LogP contribution < -0.4 is 9.64 Å². The monoisotopic (exact) mass is 318 g/mol. The van der Waals surface area contributed by atoms with Gasteiger partial charge in [0.15, 0.2) is 0 Å². The number of anilines is 1. The second-order valence-electron chi connectivity index (χ2n) is 4.45. The Balaban J connectivity index is 2.50. The van der Waals surface area contributed by atoms with E-state index in [1.807, 2.05) is 0 Å². The summed E-state index contributed by atoms with van der Waals surface area (Å²) in [5, 5.41) is 1.40. The van der Waals surface area contributed by atoms with E-state index in [0.717, 1.165) is 10.3 Å². The van der Waals surface area contributed by atoms with Crippen molar-refractivity contribution in [2.75, 3.05) is 31.0 Å². The molecule has 0 spiro atoms. The van der Waals surface area contributed by atoms with Crippen molar-refractivity contribution in [1.82, 2.24) is 4.98 Å². The van der Waals surface area contributed by atoms with E-state index in [1.165, 1.54) is 13.3 Å². The highest BCUT2D eigenvalue weighted by molar-refractivity contribution is 6.18. The van der Waals surface area contributed by atoms with Gasteiger partial charge in [0.05, 0.1) is 7.11 Å². The van der Waals surface area contributed by atoms with Gasteiger partial charge in [-0.3, -0.25) is 0 Å². The van der Waals surface area contributed by atoms with Crippen molar-refractivity contribution < 1.29 is 17.9 Å². The molecule has 0 fully saturated rings. The third-order valence-electron chi connectivity index (χ3n) is 2.98. The van der Waals surface area contributed by atoms with E-state index in [9.17, 15) is 13.2 Å². The number of alkyl halides is 4. The van der Waals surface area contributed by atoms with Crippen LogP contribution in [-0.4, -0.2) is 37.2 Å². The molecule has 1 aromatic heterocycles. The molecule has 0 amide bonds. The minimum Gasteiger partial charge on any atom is -0.497 e. The van der Waals surface area contributed by atoms with Crippen LogP contribution in [0.2, 0.25) is 0 Å². The van der Waals surface area contributed by atoms with E-state index in [2.05, 4.69) is 4.98 Å². The summed E-state index contributed by atoms with van der Waals surface area (Å²) < 4.78 is 43.3. The van der Waals surface area contributed by atoms with Gasteiger partial charge < -0.3 is 9.64 Å². The average molecular weight is 319 g/mol. The van der Waals surface area contributed by atoms with Crippen molar-refractivity contribution in [3.8, 4) is 5.75 Å². The zero-order valence-corrected chi connectivity index (χ0v) is 12.1. The molecule has 3 nitrogen and oxygen atoms in total. The normalized spacial score (nSPS) is 11.7. The third kappa shape index (κ3) is 3.91. The number of benzene rings is 1. The second-order valence-corrected chi connectivity index (χ2v) is 4.83. The van der Waals surface area contributed by atoms with E-state index >= 15 is 0 Å². The fourth-order valence-electron chi connectivity index (χ4n) is 2.09. The molecule has 0 aliphatic rings. The Morgan fingerprint density at radius 3 is 2.67 bits per heavy atom. The first-order chi connectivity index (χ1) is 9.94. The molecule has 0 aliphatic heterocycles. The van der Waals surface area contributed by atoms with Crippen molar-refractivity contribution in [1.29, 1.82) is 0 Å². The Labute approximate surface area is 125 Å². The van der Waals surface area contributed by atoms with Crippen molar-refractivity contribution in [2.45, 2.75) is 6.18 Å². The molecule has 2 rings (SSSR count). The van der Waals surface area contributed by atoms with Gasteiger partial charge in [0, 0.05) is 24.0 Å². The summed E-state index contributed by atoms with van der Waals surface area (Å²) in [4.78, 5) is 5.23. The van der Waals surface area contributed by atoms with Crippen LogP contribution in [0.5, 0.6) is 5.75 Å². The molecule has 0 saturated carbocycles. The van der Waals surface area contributed by atoms with E-state index in [0.29, 0.717) is 11.1 Å². The molecular formula is C14H14ClF3N2O. The summed E-state index contributed by atoms with van der Waals surface area (Å²) in [7, 11) is 1.50. The quantitative estimate of drug-likeness (QED) is 0.783. The number of fused-ring (bicyclic) bond motifs is 1. The molecule has 0 saturated heterocycles. The summed E-state index contributed by atoms with van der Waals surface area (Å²) in [6.07, 6.45) is -2.84. The maximum Gasteiger partial charge on any atom is 0.405 e. The Morgan fingerprint density at radius 2 is 2.05 bits per heavy atom. The maximum absolute atomic E-state index is 12.7. The van der Waals surface area contributed by atoms with Gasteiger partial charge in [0.2, 0.25) is 0 Å². The van der Waals surface area contributed by atoms with Crippen LogP contribution in [0, 0.1) is 0 Å². The fraction of sp³-hybridized carbons (Fsp3) is 0.357. The lowest BCUT2D eigenvalue weighted by Crippen LogP contribution is -2.36. The number of pyridine rings is 1. The molecule has 114 valence electrons. The average Bonchev–Trinajstić information content (AvgIpc) is 2.44. The molecule has 0 N–H and O–H groups in total. The molecule has 2 aromatic rings. The Hall–Kier alpha value is -1.69. The number of aromatic nitrogens is 1. The zero-order chi connectivity index (χ0) is 15.5. The summed E-state index contributed by atoms with van der Waals surface area (Å²) in [6.45, 7) is -1.03. The molecule has 0 atom stereocenters. The topological polar surface area (TPSA) is 25.4 Å². The van der Waals surface area contributed by atoms with Crippen LogP contribution in [0.15, 0.2) is 30.5 Å². The standard InChI is InChI=1S/C14H14ClF3N2O/c1-21-11-3-2-10-4-6-19-13(12(10)8-11)20(7-5-15)9-14(16,17)18/h2-4,6,8H,5,7,9H2,1H3. The number of hydrogen-bond acceptors (Lipinski definition) is 3. The van der Waals surface area contributed by atoms with Gasteiger partial charge in [-0.15, -0.1) is 11.6 Å². The molecule has 0 unspecified atom stereocenters. The lowest BCUT2D eigenvalue weighted by atomic mass is 10.1. The molecule has 0 radical (unpaired) electrons. The molecule has 7 heteroatoms. The van der Waals surface area contributed by atoms with Gasteiger partial charge in [-0.05, 0) is 23.6 Å². The van der Waals surface area contributed by atoms with E-state index in [1.54, 1.807) is 24.3 Å². The van der Waals surface area contributed by atoms with Crippen LogP contribution in [0.1, 0.15) is 0 Å². The largest absolute Gasteiger partial charge is 0.497 e. The number of nitrogens with zero attached hydrogens (tertiary/aromatic N) is 2. The first-order valence-corrected chi connectivity index (χ1v) is 6.78. The van der Waals surface area contributed by atoms with E-state index < -0.39 is 12.7 Å². The van der Waals surface area contributed by atoms with E-state index in [-0.39, 0.29) is 18.2 Å². The Bertz CT molecular complexity index is 619. The molecule has 0 bridgehead atoms. The van der Waals surface area contributed by atoms with E-state index in [4.69, 9.17) is 16.3 Å². The van der Waals surface area contributed by atoms with Crippen molar-refractivity contribution in [3.63, 3.8) is 0 Å². The number of methoxy groups -OCH3 is 1. The van der Waals surface area contributed by atoms with Crippen molar-refractivity contribution >= 4 is 28.2 Å². The highest BCUT2D eigenvalue weighted by atomic mass is 35.5. The summed E-state index contributed by atoms with van der Waals surface area (Å²) in [5.41, 5.74) is 0. The number of halogens is 4. The first-order valence-electron chi connectivity index (χ1n) is 6.25. The summed E-state index contributed by atoms with van der Waals surface area (Å²) in [5.74, 6) is 0.900. The highest BCUT2D eigenvalue weighted by Gasteiger charge is 2.31. The third-order valence-corrected chi connectivity index (χ3v) is 3.15. The predicted molar refractivity (Wildman–Crippen MR) is 77.3 cm³/mol. The molecule has 21 heavy (non-hydrogen) atoms.